The van der Waals surface area contributed by atoms with Crippen LogP contribution in [0.15, 0.2) is 0 Å². The Morgan fingerprint density at radius 1 is 0.828 bits per heavy atom. The minimum atomic E-state index is -0.321. The maximum absolute atomic E-state index is 11.8. The van der Waals surface area contributed by atoms with E-state index < -0.39 is 0 Å². The van der Waals surface area contributed by atoms with E-state index in [1.165, 1.54) is 38.5 Å². The summed E-state index contributed by atoms with van der Waals surface area (Å²) in [6.45, 7) is 12.9. The van der Waals surface area contributed by atoms with Gasteiger partial charge in [-0.15, -0.1) is 0 Å². The Hall–Kier alpha value is -0.120. The van der Waals surface area contributed by atoms with Crippen molar-refractivity contribution in [2.45, 2.75) is 104 Å². The van der Waals surface area contributed by atoms with Crippen LogP contribution in [0.3, 0.4) is 0 Å². The Morgan fingerprint density at radius 2 is 1.52 bits per heavy atom. The average Bonchev–Trinajstić information content (AvgIpc) is 3.30. The summed E-state index contributed by atoms with van der Waals surface area (Å²) in [4.78, 5) is 0. The van der Waals surface area contributed by atoms with Gasteiger partial charge in [-0.3, -0.25) is 0 Å². The van der Waals surface area contributed by atoms with Crippen molar-refractivity contribution < 1.29 is 14.9 Å². The SMILES string of the molecule is C[C@@H]1CCOC2C1[C@@]1(C)CCC34C[C@@]35CC[C@H](O)C(C)(C)[C@@H]5CC[C@H]4[C@]1(C)[C@H]2O. The van der Waals surface area contributed by atoms with Gasteiger partial charge >= 0.3 is 0 Å². The van der Waals surface area contributed by atoms with Crippen LogP contribution in [-0.2, 0) is 4.74 Å². The molecule has 6 aliphatic rings. The van der Waals surface area contributed by atoms with Gasteiger partial charge < -0.3 is 14.9 Å². The number of aliphatic hydroxyl groups excluding tert-OH is 2. The number of fused-ring (bicyclic) bond motifs is 4. The lowest BCUT2D eigenvalue weighted by Gasteiger charge is -2.63. The van der Waals surface area contributed by atoms with Gasteiger partial charge in [-0.05, 0) is 96.7 Å². The van der Waals surface area contributed by atoms with Crippen molar-refractivity contribution in [3.05, 3.63) is 0 Å². The minimum absolute atomic E-state index is 0.0339. The first-order chi connectivity index (χ1) is 13.6. The molecule has 2 spiro atoms. The van der Waals surface area contributed by atoms with E-state index in [2.05, 4.69) is 34.6 Å². The second-order valence-corrected chi connectivity index (χ2v) is 13.3. The fraction of sp³-hybridized carbons (Fsp3) is 1.00. The summed E-state index contributed by atoms with van der Waals surface area (Å²) < 4.78 is 6.30. The Labute approximate surface area is 177 Å². The third-order valence-corrected chi connectivity index (χ3v) is 12.8. The molecule has 29 heavy (non-hydrogen) atoms. The molecule has 3 heteroatoms. The molecule has 1 aliphatic heterocycles. The zero-order valence-electron chi connectivity index (χ0n) is 19.2. The molecule has 5 aliphatic carbocycles. The smallest absolute Gasteiger partial charge is 0.0875 e. The molecule has 164 valence electrons. The van der Waals surface area contributed by atoms with Gasteiger partial charge in [0.05, 0.1) is 18.3 Å². The van der Waals surface area contributed by atoms with Gasteiger partial charge in [0.15, 0.2) is 0 Å². The molecular weight excluding hydrogens is 360 g/mol. The summed E-state index contributed by atoms with van der Waals surface area (Å²) in [5.74, 6) is 2.43. The van der Waals surface area contributed by atoms with Crippen LogP contribution in [-0.4, -0.2) is 35.1 Å². The summed E-state index contributed by atoms with van der Waals surface area (Å²) in [5.41, 5.74) is 1.04. The van der Waals surface area contributed by atoms with E-state index in [9.17, 15) is 10.2 Å². The molecule has 0 aromatic rings. The summed E-state index contributed by atoms with van der Waals surface area (Å²) in [6.07, 6.45) is 9.33. The maximum Gasteiger partial charge on any atom is 0.0875 e. The van der Waals surface area contributed by atoms with Crippen LogP contribution in [0.25, 0.3) is 0 Å². The molecule has 2 N–H and O–H groups in total. The quantitative estimate of drug-likeness (QED) is 0.612. The molecule has 5 saturated carbocycles. The van der Waals surface area contributed by atoms with Gasteiger partial charge in [-0.1, -0.05) is 34.6 Å². The molecule has 0 aromatic carbocycles. The van der Waals surface area contributed by atoms with Crippen molar-refractivity contribution in [2.75, 3.05) is 6.61 Å². The van der Waals surface area contributed by atoms with Crippen LogP contribution >= 0.6 is 0 Å². The van der Waals surface area contributed by atoms with E-state index in [4.69, 9.17) is 4.74 Å². The lowest BCUT2D eigenvalue weighted by Crippen LogP contribution is -2.59. The fourth-order valence-corrected chi connectivity index (χ4v) is 11.2. The van der Waals surface area contributed by atoms with Crippen molar-refractivity contribution in [2.24, 2.45) is 50.7 Å². The van der Waals surface area contributed by atoms with E-state index in [0.717, 1.165) is 19.4 Å². The highest BCUT2D eigenvalue weighted by Crippen LogP contribution is 2.89. The van der Waals surface area contributed by atoms with E-state index in [1.54, 1.807) is 0 Å². The van der Waals surface area contributed by atoms with E-state index in [1.807, 2.05) is 0 Å². The lowest BCUT2D eigenvalue weighted by molar-refractivity contribution is -0.182. The minimum Gasteiger partial charge on any atom is -0.393 e. The zero-order chi connectivity index (χ0) is 20.6. The summed E-state index contributed by atoms with van der Waals surface area (Å²) in [6, 6.07) is 0. The number of hydrogen-bond donors (Lipinski definition) is 2. The number of ether oxygens (including phenoxy) is 1. The van der Waals surface area contributed by atoms with Crippen molar-refractivity contribution in [1.29, 1.82) is 0 Å². The van der Waals surface area contributed by atoms with Crippen molar-refractivity contribution in [3.63, 3.8) is 0 Å². The van der Waals surface area contributed by atoms with Gasteiger partial charge in [0.2, 0.25) is 0 Å². The zero-order valence-corrected chi connectivity index (χ0v) is 19.2. The first-order valence-electron chi connectivity index (χ1n) is 12.5. The van der Waals surface area contributed by atoms with Crippen LogP contribution in [0.5, 0.6) is 0 Å². The van der Waals surface area contributed by atoms with Gasteiger partial charge in [0.25, 0.3) is 0 Å². The molecule has 0 amide bonds. The maximum atomic E-state index is 11.8. The highest BCUT2D eigenvalue weighted by Gasteiger charge is 2.84. The Kier molecular flexibility index (Phi) is 3.67. The number of aliphatic hydroxyl groups is 2. The molecule has 1 saturated heterocycles. The second kappa shape index (κ2) is 5.44. The van der Waals surface area contributed by atoms with Crippen LogP contribution in [0.1, 0.15) is 86.0 Å². The second-order valence-electron chi connectivity index (χ2n) is 13.3. The van der Waals surface area contributed by atoms with Crippen molar-refractivity contribution in [1.82, 2.24) is 0 Å². The van der Waals surface area contributed by atoms with Crippen molar-refractivity contribution in [3.8, 4) is 0 Å². The largest absolute Gasteiger partial charge is 0.393 e. The van der Waals surface area contributed by atoms with E-state index >= 15 is 0 Å². The van der Waals surface area contributed by atoms with Crippen LogP contribution in [0, 0.1) is 50.7 Å². The fourth-order valence-electron chi connectivity index (χ4n) is 11.2. The molecule has 6 fully saturated rings. The molecule has 1 heterocycles. The van der Waals surface area contributed by atoms with Gasteiger partial charge in [-0.2, -0.15) is 0 Å². The highest BCUT2D eigenvalue weighted by molar-refractivity contribution is 5.32. The average molecular weight is 403 g/mol. The summed E-state index contributed by atoms with van der Waals surface area (Å²) in [5, 5.41) is 22.6. The highest BCUT2D eigenvalue weighted by atomic mass is 16.5. The molecule has 6 rings (SSSR count). The first kappa shape index (κ1) is 19.6. The molecule has 0 aromatic heterocycles. The monoisotopic (exact) mass is 402 g/mol. The molecule has 0 bridgehead atoms. The van der Waals surface area contributed by atoms with Crippen LogP contribution in [0.2, 0.25) is 0 Å². The topological polar surface area (TPSA) is 49.7 Å². The van der Waals surface area contributed by atoms with Crippen LogP contribution < -0.4 is 0 Å². The third kappa shape index (κ3) is 1.87. The third-order valence-electron chi connectivity index (χ3n) is 12.8. The van der Waals surface area contributed by atoms with Gasteiger partial charge in [0, 0.05) is 12.0 Å². The standard InChI is InChI=1S/C26H42O3/c1-15-9-13-29-20-19(15)23(4)11-12-26-14-25(26)10-8-18(27)22(2,3)16(25)6-7-17(26)24(23,5)21(20)28/h15-21,27-28H,6-14H2,1-5H3/t15-,16+,17+,18+,19?,20?,21+,23-,24-,25-,26?/m1/s1. The van der Waals surface area contributed by atoms with E-state index in [-0.39, 0.29) is 34.6 Å². The lowest BCUT2D eigenvalue weighted by atomic mass is 9.41. The Balaban J connectivity index is 1.43. The Bertz CT molecular complexity index is 733. The molecular formula is C26H42O3. The van der Waals surface area contributed by atoms with Gasteiger partial charge in [0.1, 0.15) is 0 Å². The molecule has 3 nitrogen and oxygen atoms in total. The molecule has 0 radical (unpaired) electrons. The predicted molar refractivity (Wildman–Crippen MR) is 113 cm³/mol. The number of hydrogen-bond acceptors (Lipinski definition) is 3. The summed E-state index contributed by atoms with van der Waals surface area (Å²) in [7, 11) is 0. The molecule has 11 atom stereocenters. The van der Waals surface area contributed by atoms with E-state index in [0.29, 0.717) is 34.5 Å². The van der Waals surface area contributed by atoms with Crippen LogP contribution in [0.4, 0.5) is 0 Å². The first-order valence-corrected chi connectivity index (χ1v) is 12.5. The number of rotatable bonds is 0. The normalized spacial score (nSPS) is 64.9. The summed E-state index contributed by atoms with van der Waals surface area (Å²) >= 11 is 0. The Morgan fingerprint density at radius 3 is 2.28 bits per heavy atom. The molecule has 3 unspecified atom stereocenters. The predicted octanol–water partition coefficient (Wildman–Crippen LogP) is 4.79. The van der Waals surface area contributed by atoms with Gasteiger partial charge in [-0.25, -0.2) is 0 Å². The van der Waals surface area contributed by atoms with Crippen molar-refractivity contribution >= 4 is 0 Å².